The van der Waals surface area contributed by atoms with Crippen LogP contribution >= 0.6 is 11.8 Å². The van der Waals surface area contributed by atoms with E-state index in [2.05, 4.69) is 0 Å². The molecule has 78 valence electrons. The molecule has 3 N–H and O–H groups in total. The Hall–Kier alpha value is -1.14. The van der Waals surface area contributed by atoms with Gasteiger partial charge in [0.2, 0.25) is 5.43 Å². The Balaban J connectivity index is 3.09. The van der Waals surface area contributed by atoms with E-state index in [4.69, 9.17) is 5.11 Å². The molecule has 0 bridgehead atoms. The zero-order valence-electron chi connectivity index (χ0n) is 7.54. The van der Waals surface area contributed by atoms with Gasteiger partial charge in [-0.15, -0.1) is 0 Å². The third-order valence-corrected chi connectivity index (χ3v) is 2.36. The van der Waals surface area contributed by atoms with E-state index in [1.54, 1.807) is 6.26 Å². The molecule has 1 unspecified atom stereocenters. The summed E-state index contributed by atoms with van der Waals surface area (Å²) in [7, 11) is 0. The summed E-state index contributed by atoms with van der Waals surface area (Å²) >= 11 is 1.38. The average Bonchev–Trinajstić information content (AvgIpc) is 2.11. The zero-order chi connectivity index (χ0) is 10.7. The van der Waals surface area contributed by atoms with Crippen molar-refractivity contribution in [2.45, 2.75) is 6.10 Å². The Morgan fingerprint density at radius 3 is 2.86 bits per heavy atom. The number of aromatic hydroxyl groups is 1. The second-order valence-electron chi connectivity index (χ2n) is 2.76. The molecule has 0 saturated carbocycles. The van der Waals surface area contributed by atoms with Crippen LogP contribution in [-0.4, -0.2) is 32.2 Å². The number of aromatic nitrogens is 1. The van der Waals surface area contributed by atoms with Crippen LogP contribution < -0.4 is 5.43 Å². The highest BCUT2D eigenvalue weighted by Gasteiger charge is 2.13. The van der Waals surface area contributed by atoms with Crippen molar-refractivity contribution < 1.29 is 15.4 Å². The summed E-state index contributed by atoms with van der Waals surface area (Å²) in [4.78, 5) is 11.0. The number of hydrogen-bond donors (Lipinski definition) is 3. The van der Waals surface area contributed by atoms with Crippen molar-refractivity contribution in [2.24, 2.45) is 0 Å². The van der Waals surface area contributed by atoms with E-state index >= 15 is 0 Å². The fraction of sp³-hybridized carbons (Fsp3) is 0.375. The predicted octanol–water partition coefficient (Wildman–Crippen LogP) is 0.188. The molecule has 0 saturated heterocycles. The number of aliphatic hydroxyl groups is 1. The van der Waals surface area contributed by atoms with Gasteiger partial charge < -0.3 is 15.4 Å². The molecule has 6 heteroatoms. The highest BCUT2D eigenvalue weighted by Crippen LogP contribution is 2.15. The number of nitrogens with zero attached hydrogens (tertiary/aromatic N) is 1. The van der Waals surface area contributed by atoms with Gasteiger partial charge in [-0.1, -0.05) is 0 Å². The number of pyridine rings is 1. The van der Waals surface area contributed by atoms with Crippen LogP contribution in [0.3, 0.4) is 0 Å². The van der Waals surface area contributed by atoms with Gasteiger partial charge in [0.05, 0.1) is 11.9 Å². The fourth-order valence-corrected chi connectivity index (χ4v) is 1.51. The monoisotopic (exact) mass is 217 g/mol. The molecule has 0 aliphatic rings. The number of rotatable bonds is 3. The van der Waals surface area contributed by atoms with E-state index in [0.717, 1.165) is 12.3 Å². The third kappa shape index (κ3) is 2.21. The molecule has 0 spiro atoms. The highest BCUT2D eigenvalue weighted by molar-refractivity contribution is 7.98. The van der Waals surface area contributed by atoms with Gasteiger partial charge in [-0.3, -0.25) is 4.79 Å². The number of hydrogen-bond acceptors (Lipinski definition) is 5. The van der Waals surface area contributed by atoms with Crippen molar-refractivity contribution in [2.75, 3.05) is 12.0 Å². The maximum absolute atomic E-state index is 11.0. The molecular formula is C8H11NO4S. The van der Waals surface area contributed by atoms with Gasteiger partial charge in [0, 0.05) is 11.8 Å². The van der Waals surface area contributed by atoms with Crippen LogP contribution in [0, 0.1) is 0 Å². The predicted molar refractivity (Wildman–Crippen MR) is 52.9 cm³/mol. The van der Waals surface area contributed by atoms with Crippen molar-refractivity contribution in [3.05, 3.63) is 28.2 Å². The standard InChI is InChI=1S/C8H11NO4S/c1-14-4-8(12)5-2-6(10)7(11)3-9(5)13/h2-3,8,11-13H,4H2,1H3. The summed E-state index contributed by atoms with van der Waals surface area (Å²) in [6.07, 6.45) is 1.73. The van der Waals surface area contributed by atoms with Gasteiger partial charge >= 0.3 is 0 Å². The first-order valence-electron chi connectivity index (χ1n) is 3.88. The van der Waals surface area contributed by atoms with Gasteiger partial charge in [-0.05, 0) is 6.26 Å². The number of aliphatic hydroxyl groups excluding tert-OH is 1. The van der Waals surface area contributed by atoms with E-state index in [9.17, 15) is 15.1 Å². The Morgan fingerprint density at radius 1 is 1.64 bits per heavy atom. The molecular weight excluding hydrogens is 206 g/mol. The lowest BCUT2D eigenvalue weighted by molar-refractivity contribution is 0.123. The van der Waals surface area contributed by atoms with E-state index < -0.39 is 17.3 Å². The van der Waals surface area contributed by atoms with E-state index in [1.165, 1.54) is 11.8 Å². The normalized spacial score (nSPS) is 12.7. The molecule has 5 nitrogen and oxygen atoms in total. The molecule has 14 heavy (non-hydrogen) atoms. The molecule has 0 aromatic carbocycles. The fourth-order valence-electron chi connectivity index (χ4n) is 1.02. The van der Waals surface area contributed by atoms with Crippen LogP contribution in [0.25, 0.3) is 0 Å². The molecule has 1 aromatic rings. The van der Waals surface area contributed by atoms with Crippen molar-refractivity contribution in [3.8, 4) is 5.75 Å². The highest BCUT2D eigenvalue weighted by atomic mass is 32.2. The lowest BCUT2D eigenvalue weighted by Crippen LogP contribution is -2.15. The lowest BCUT2D eigenvalue weighted by Gasteiger charge is -2.12. The quantitative estimate of drug-likeness (QED) is 0.629. The van der Waals surface area contributed by atoms with Crippen LogP contribution in [0.5, 0.6) is 5.75 Å². The Kier molecular flexibility index (Phi) is 3.43. The van der Waals surface area contributed by atoms with Crippen molar-refractivity contribution >= 4 is 11.8 Å². The molecule has 0 aliphatic heterocycles. The first kappa shape index (κ1) is 10.9. The van der Waals surface area contributed by atoms with Gasteiger partial charge in [0.1, 0.15) is 6.10 Å². The van der Waals surface area contributed by atoms with Crippen LogP contribution in [0.4, 0.5) is 0 Å². The molecule has 1 aromatic heterocycles. The molecule has 0 amide bonds. The second-order valence-corrected chi connectivity index (χ2v) is 3.67. The minimum atomic E-state index is -0.928. The summed E-state index contributed by atoms with van der Waals surface area (Å²) in [6.45, 7) is 0. The first-order valence-corrected chi connectivity index (χ1v) is 5.27. The van der Waals surface area contributed by atoms with Gasteiger partial charge in [0.25, 0.3) is 0 Å². The SMILES string of the molecule is CSCC(O)c1cc(=O)c(O)cn1O. The van der Waals surface area contributed by atoms with Gasteiger partial charge in [-0.25, -0.2) is 0 Å². The summed E-state index contributed by atoms with van der Waals surface area (Å²) in [6, 6.07) is 1.01. The Bertz CT molecular complexity index is 376. The Labute approximate surface area is 84.6 Å². The maximum Gasteiger partial charge on any atom is 0.223 e. The van der Waals surface area contributed by atoms with E-state index in [-0.39, 0.29) is 5.69 Å². The smallest absolute Gasteiger partial charge is 0.223 e. The van der Waals surface area contributed by atoms with Crippen LogP contribution in [0.15, 0.2) is 17.1 Å². The maximum atomic E-state index is 11.0. The molecule has 0 aliphatic carbocycles. The van der Waals surface area contributed by atoms with Crippen LogP contribution in [-0.2, 0) is 0 Å². The van der Waals surface area contributed by atoms with E-state index in [0.29, 0.717) is 10.5 Å². The summed E-state index contributed by atoms with van der Waals surface area (Å²) in [5.41, 5.74) is -0.549. The summed E-state index contributed by atoms with van der Waals surface area (Å²) < 4.78 is 0.553. The van der Waals surface area contributed by atoms with Crippen LogP contribution in [0.2, 0.25) is 0 Å². The molecule has 0 fully saturated rings. The lowest BCUT2D eigenvalue weighted by atomic mass is 10.2. The minimum Gasteiger partial charge on any atom is -0.503 e. The molecule has 1 atom stereocenters. The topological polar surface area (TPSA) is 82.7 Å². The van der Waals surface area contributed by atoms with Gasteiger partial charge in [0.15, 0.2) is 5.75 Å². The zero-order valence-corrected chi connectivity index (χ0v) is 8.36. The van der Waals surface area contributed by atoms with Crippen molar-refractivity contribution in [1.82, 2.24) is 4.73 Å². The molecule has 1 rings (SSSR count). The van der Waals surface area contributed by atoms with Crippen molar-refractivity contribution in [3.63, 3.8) is 0 Å². The largest absolute Gasteiger partial charge is 0.503 e. The van der Waals surface area contributed by atoms with Crippen LogP contribution in [0.1, 0.15) is 11.8 Å². The second kappa shape index (κ2) is 4.39. The first-order chi connectivity index (χ1) is 6.56. The van der Waals surface area contributed by atoms with Crippen molar-refractivity contribution in [1.29, 1.82) is 0 Å². The number of thioether (sulfide) groups is 1. The van der Waals surface area contributed by atoms with E-state index in [1.807, 2.05) is 0 Å². The summed E-state index contributed by atoms with van der Waals surface area (Å²) in [5, 5.41) is 27.7. The third-order valence-electron chi connectivity index (χ3n) is 1.71. The average molecular weight is 217 g/mol. The molecule has 1 heterocycles. The minimum absolute atomic E-state index is 0.0714. The Morgan fingerprint density at radius 2 is 2.29 bits per heavy atom. The summed E-state index contributed by atoms with van der Waals surface area (Å²) in [5.74, 6) is -0.183. The molecule has 0 radical (unpaired) electrons. The van der Waals surface area contributed by atoms with Gasteiger partial charge in [-0.2, -0.15) is 16.5 Å².